The van der Waals surface area contributed by atoms with Gasteiger partial charge in [-0.3, -0.25) is 9.78 Å². The Morgan fingerprint density at radius 3 is 2.72 bits per heavy atom. The highest BCUT2D eigenvalue weighted by molar-refractivity contribution is 5.78. The Morgan fingerprint density at radius 1 is 1.39 bits per heavy atom. The zero-order chi connectivity index (χ0) is 13.0. The molecule has 0 bridgehead atoms. The monoisotopic (exact) mass is 247 g/mol. The second-order valence-corrected chi connectivity index (χ2v) is 5.06. The van der Waals surface area contributed by atoms with Crippen molar-refractivity contribution in [1.82, 2.24) is 9.88 Å². The van der Waals surface area contributed by atoms with Crippen LogP contribution < -0.4 is 5.73 Å². The molecule has 2 N–H and O–H groups in total. The average Bonchev–Trinajstić information content (AvgIpc) is 2.41. The van der Waals surface area contributed by atoms with Crippen molar-refractivity contribution in [1.29, 1.82) is 0 Å². The SMILES string of the molecule is CN(C(=O)Cc1ccc(N)cn1)C1CCCCC1. The van der Waals surface area contributed by atoms with Crippen molar-refractivity contribution in [2.75, 3.05) is 12.8 Å². The second-order valence-electron chi connectivity index (χ2n) is 5.06. The highest BCUT2D eigenvalue weighted by Gasteiger charge is 2.22. The fourth-order valence-corrected chi connectivity index (χ4v) is 2.49. The number of nitrogens with zero attached hydrogens (tertiary/aromatic N) is 2. The van der Waals surface area contributed by atoms with Gasteiger partial charge in [-0.05, 0) is 25.0 Å². The second kappa shape index (κ2) is 5.85. The van der Waals surface area contributed by atoms with E-state index in [0.717, 1.165) is 18.5 Å². The summed E-state index contributed by atoms with van der Waals surface area (Å²) in [4.78, 5) is 18.2. The van der Waals surface area contributed by atoms with E-state index in [0.29, 0.717) is 18.2 Å². The van der Waals surface area contributed by atoms with E-state index in [2.05, 4.69) is 4.98 Å². The minimum Gasteiger partial charge on any atom is -0.397 e. The lowest BCUT2D eigenvalue weighted by molar-refractivity contribution is -0.131. The third-order valence-corrected chi connectivity index (χ3v) is 3.70. The van der Waals surface area contributed by atoms with Gasteiger partial charge in [-0.1, -0.05) is 19.3 Å². The van der Waals surface area contributed by atoms with Crippen LogP contribution in [0.15, 0.2) is 18.3 Å². The Labute approximate surface area is 108 Å². The average molecular weight is 247 g/mol. The lowest BCUT2D eigenvalue weighted by Gasteiger charge is -2.31. The molecular formula is C14H21N3O. The highest BCUT2D eigenvalue weighted by Crippen LogP contribution is 2.22. The number of anilines is 1. The molecule has 1 aliphatic rings. The van der Waals surface area contributed by atoms with Gasteiger partial charge in [0.15, 0.2) is 0 Å². The van der Waals surface area contributed by atoms with Crippen LogP contribution in [0.3, 0.4) is 0 Å². The summed E-state index contributed by atoms with van der Waals surface area (Å²) >= 11 is 0. The molecule has 4 heteroatoms. The number of likely N-dealkylation sites (N-methyl/N-ethyl adjacent to an activating group) is 1. The lowest BCUT2D eigenvalue weighted by Crippen LogP contribution is -2.39. The molecule has 0 radical (unpaired) electrons. The Morgan fingerprint density at radius 2 is 2.11 bits per heavy atom. The molecule has 1 saturated carbocycles. The smallest absolute Gasteiger partial charge is 0.228 e. The zero-order valence-corrected chi connectivity index (χ0v) is 10.9. The van der Waals surface area contributed by atoms with Crippen molar-refractivity contribution in [3.8, 4) is 0 Å². The number of amides is 1. The van der Waals surface area contributed by atoms with Crippen molar-refractivity contribution >= 4 is 11.6 Å². The summed E-state index contributed by atoms with van der Waals surface area (Å²) in [5.41, 5.74) is 7.00. The minimum absolute atomic E-state index is 0.152. The molecule has 98 valence electrons. The Hall–Kier alpha value is -1.58. The summed E-state index contributed by atoms with van der Waals surface area (Å²) in [6.07, 6.45) is 8.02. The molecule has 1 aliphatic carbocycles. The van der Waals surface area contributed by atoms with Crippen LogP contribution in [0.4, 0.5) is 5.69 Å². The van der Waals surface area contributed by atoms with E-state index < -0.39 is 0 Å². The quantitative estimate of drug-likeness (QED) is 0.888. The minimum atomic E-state index is 0.152. The van der Waals surface area contributed by atoms with Crippen LogP contribution in [0.5, 0.6) is 0 Å². The molecule has 4 nitrogen and oxygen atoms in total. The van der Waals surface area contributed by atoms with E-state index in [1.165, 1.54) is 19.3 Å². The molecule has 1 aromatic rings. The van der Waals surface area contributed by atoms with Gasteiger partial charge in [-0.15, -0.1) is 0 Å². The highest BCUT2D eigenvalue weighted by atomic mass is 16.2. The van der Waals surface area contributed by atoms with E-state index in [-0.39, 0.29) is 5.91 Å². The van der Waals surface area contributed by atoms with Crippen molar-refractivity contribution in [3.63, 3.8) is 0 Å². The molecule has 2 rings (SSSR count). The normalized spacial score (nSPS) is 16.5. The fourth-order valence-electron chi connectivity index (χ4n) is 2.49. The van der Waals surface area contributed by atoms with Crippen molar-refractivity contribution < 1.29 is 4.79 Å². The van der Waals surface area contributed by atoms with Crippen LogP contribution in [0.1, 0.15) is 37.8 Å². The van der Waals surface area contributed by atoms with Gasteiger partial charge in [0.05, 0.1) is 18.3 Å². The summed E-state index contributed by atoms with van der Waals surface area (Å²) in [6, 6.07) is 4.03. The van der Waals surface area contributed by atoms with Crippen molar-refractivity contribution in [2.24, 2.45) is 0 Å². The van der Waals surface area contributed by atoms with E-state index in [9.17, 15) is 4.79 Å². The van der Waals surface area contributed by atoms with Gasteiger partial charge in [0.25, 0.3) is 0 Å². The standard InChI is InChI=1S/C14H21N3O/c1-17(13-5-3-2-4-6-13)14(18)9-12-8-7-11(15)10-16-12/h7-8,10,13H,2-6,9,15H2,1H3. The van der Waals surface area contributed by atoms with Crippen LogP contribution in [-0.2, 0) is 11.2 Å². The number of carbonyl (C=O) groups excluding carboxylic acids is 1. The molecule has 0 aromatic carbocycles. The lowest BCUT2D eigenvalue weighted by atomic mass is 9.94. The first kappa shape index (κ1) is 12.9. The maximum atomic E-state index is 12.2. The predicted molar refractivity (Wildman–Crippen MR) is 72.0 cm³/mol. The van der Waals surface area contributed by atoms with Crippen LogP contribution in [0, 0.1) is 0 Å². The van der Waals surface area contributed by atoms with Gasteiger partial charge in [-0.25, -0.2) is 0 Å². The first-order chi connectivity index (χ1) is 8.66. The predicted octanol–water partition coefficient (Wildman–Crippen LogP) is 2.00. The Bertz CT molecular complexity index is 396. The number of hydrogen-bond donors (Lipinski definition) is 1. The number of pyridine rings is 1. The van der Waals surface area contributed by atoms with Gasteiger partial charge in [-0.2, -0.15) is 0 Å². The molecule has 0 saturated heterocycles. The molecular weight excluding hydrogens is 226 g/mol. The third kappa shape index (κ3) is 3.22. The first-order valence-electron chi connectivity index (χ1n) is 6.63. The number of carbonyl (C=O) groups is 1. The Kier molecular flexibility index (Phi) is 4.18. The molecule has 1 heterocycles. The third-order valence-electron chi connectivity index (χ3n) is 3.70. The summed E-state index contributed by atoms with van der Waals surface area (Å²) in [6.45, 7) is 0. The van der Waals surface area contributed by atoms with E-state index in [4.69, 9.17) is 5.73 Å². The zero-order valence-electron chi connectivity index (χ0n) is 10.9. The topological polar surface area (TPSA) is 59.2 Å². The van der Waals surface area contributed by atoms with Gasteiger partial charge in [0, 0.05) is 18.8 Å². The molecule has 18 heavy (non-hydrogen) atoms. The van der Waals surface area contributed by atoms with Crippen LogP contribution in [-0.4, -0.2) is 28.9 Å². The maximum absolute atomic E-state index is 12.2. The summed E-state index contributed by atoms with van der Waals surface area (Å²) < 4.78 is 0. The number of nitrogens with two attached hydrogens (primary N) is 1. The van der Waals surface area contributed by atoms with Crippen LogP contribution in [0.25, 0.3) is 0 Å². The van der Waals surface area contributed by atoms with Gasteiger partial charge >= 0.3 is 0 Å². The van der Waals surface area contributed by atoms with Crippen LogP contribution in [0.2, 0.25) is 0 Å². The first-order valence-corrected chi connectivity index (χ1v) is 6.63. The van der Waals surface area contributed by atoms with Gasteiger partial charge in [0.1, 0.15) is 0 Å². The molecule has 1 amide bonds. The number of hydrogen-bond acceptors (Lipinski definition) is 3. The molecule has 0 aliphatic heterocycles. The number of aromatic nitrogens is 1. The van der Waals surface area contributed by atoms with Crippen molar-refractivity contribution in [2.45, 2.75) is 44.6 Å². The van der Waals surface area contributed by atoms with E-state index in [1.54, 1.807) is 12.3 Å². The van der Waals surface area contributed by atoms with Crippen molar-refractivity contribution in [3.05, 3.63) is 24.0 Å². The van der Waals surface area contributed by atoms with Gasteiger partial charge < -0.3 is 10.6 Å². The number of rotatable bonds is 3. The molecule has 1 fully saturated rings. The van der Waals surface area contributed by atoms with E-state index >= 15 is 0 Å². The van der Waals surface area contributed by atoms with E-state index in [1.807, 2.05) is 18.0 Å². The Balaban J connectivity index is 1.92. The molecule has 0 spiro atoms. The molecule has 0 atom stereocenters. The number of nitrogen functional groups attached to an aromatic ring is 1. The van der Waals surface area contributed by atoms with Crippen LogP contribution >= 0.6 is 0 Å². The molecule has 0 unspecified atom stereocenters. The van der Waals surface area contributed by atoms with Gasteiger partial charge in [0.2, 0.25) is 5.91 Å². The summed E-state index contributed by atoms with van der Waals surface area (Å²) in [5, 5.41) is 0. The molecule has 1 aromatic heterocycles. The summed E-state index contributed by atoms with van der Waals surface area (Å²) in [7, 11) is 1.91. The largest absolute Gasteiger partial charge is 0.397 e. The fraction of sp³-hybridized carbons (Fsp3) is 0.571. The maximum Gasteiger partial charge on any atom is 0.228 e. The summed E-state index contributed by atoms with van der Waals surface area (Å²) in [5.74, 6) is 0.152.